The summed E-state index contributed by atoms with van der Waals surface area (Å²) in [5.74, 6) is -0.475. The number of hydrogen-bond acceptors (Lipinski definition) is 5. The van der Waals surface area contributed by atoms with E-state index in [4.69, 9.17) is 10.5 Å². The second-order valence-electron chi connectivity index (χ2n) is 7.53. The van der Waals surface area contributed by atoms with Crippen LogP contribution in [0.5, 0.6) is 5.75 Å². The molecule has 0 saturated carbocycles. The van der Waals surface area contributed by atoms with E-state index in [1.54, 1.807) is 6.07 Å². The third-order valence-electron chi connectivity index (χ3n) is 4.52. The molecule has 0 heterocycles. The average Bonchev–Trinajstić information content (AvgIpc) is 2.59. The topological polar surface area (TPSA) is 122 Å². The van der Waals surface area contributed by atoms with Crippen LogP contribution in [0.3, 0.4) is 0 Å². The molecule has 4 atom stereocenters. The summed E-state index contributed by atoms with van der Waals surface area (Å²) in [6.45, 7) is 5.78. The molecule has 1 aromatic carbocycles. The largest absolute Gasteiger partial charge is 0.482 e. The zero-order valence-corrected chi connectivity index (χ0v) is 17.8. The molecule has 2 rings (SSSR count). The third-order valence-corrected chi connectivity index (χ3v) is 5.14. The monoisotopic (exact) mass is 454 g/mol. The van der Waals surface area contributed by atoms with E-state index in [0.717, 1.165) is 5.56 Å². The van der Waals surface area contributed by atoms with E-state index in [2.05, 4.69) is 21.2 Å². The molecule has 0 unspecified atom stereocenters. The molecule has 0 aliphatic heterocycles. The van der Waals surface area contributed by atoms with Crippen molar-refractivity contribution in [3.8, 4) is 5.75 Å². The molecule has 28 heavy (non-hydrogen) atoms. The standard InChI is InChI=1S/C20H27BrN2O5/c1-10(2)6-14(19(22)26)23-20(27)12-8-15(24)18(25)17(9-12)28-16-5-4-11(3)7-13(16)21/h4-5,7,9-10,14-15,17-18,24-25H,6,8H2,1-3H3,(H2,22,26)(H,23,27)/t14-,15-,17-,18-/m1/s1. The van der Waals surface area contributed by atoms with Gasteiger partial charge < -0.3 is 26.0 Å². The summed E-state index contributed by atoms with van der Waals surface area (Å²) in [5.41, 5.74) is 6.64. The number of primary amides is 1. The van der Waals surface area contributed by atoms with Crippen molar-refractivity contribution in [1.29, 1.82) is 0 Å². The Balaban J connectivity index is 2.19. The average molecular weight is 455 g/mol. The molecular formula is C20H27BrN2O5. The maximum absolute atomic E-state index is 12.6. The molecule has 7 nitrogen and oxygen atoms in total. The van der Waals surface area contributed by atoms with Crippen molar-refractivity contribution >= 4 is 27.7 Å². The van der Waals surface area contributed by atoms with E-state index in [1.165, 1.54) is 6.08 Å². The molecular weight excluding hydrogens is 428 g/mol. The molecule has 1 aromatic rings. The summed E-state index contributed by atoms with van der Waals surface area (Å²) in [6, 6.07) is 4.66. The number of halogens is 1. The van der Waals surface area contributed by atoms with Gasteiger partial charge in [-0.1, -0.05) is 19.9 Å². The van der Waals surface area contributed by atoms with Crippen molar-refractivity contribution in [3.63, 3.8) is 0 Å². The van der Waals surface area contributed by atoms with Crippen LogP contribution in [0.4, 0.5) is 0 Å². The summed E-state index contributed by atoms with van der Waals surface area (Å²) in [5, 5.41) is 23.1. The van der Waals surface area contributed by atoms with Crippen molar-refractivity contribution in [2.24, 2.45) is 11.7 Å². The first kappa shape index (κ1) is 22.4. The normalized spacial score (nSPS) is 23.1. The SMILES string of the molecule is Cc1ccc(O[C@@H]2C=C(C(=O)N[C@H](CC(C)C)C(N)=O)C[C@@H](O)[C@H]2O)c(Br)c1. The number of aryl methyl sites for hydroxylation is 1. The van der Waals surface area contributed by atoms with Crippen LogP contribution in [0.1, 0.15) is 32.3 Å². The predicted molar refractivity (Wildman–Crippen MR) is 109 cm³/mol. The third kappa shape index (κ3) is 5.80. The summed E-state index contributed by atoms with van der Waals surface area (Å²) in [6.07, 6.45) is -1.43. The summed E-state index contributed by atoms with van der Waals surface area (Å²) < 4.78 is 6.52. The van der Waals surface area contributed by atoms with Gasteiger partial charge in [-0.3, -0.25) is 9.59 Å². The van der Waals surface area contributed by atoms with E-state index < -0.39 is 36.2 Å². The molecule has 1 aliphatic rings. The van der Waals surface area contributed by atoms with E-state index in [1.807, 2.05) is 32.9 Å². The van der Waals surface area contributed by atoms with Gasteiger partial charge in [0.15, 0.2) is 0 Å². The highest BCUT2D eigenvalue weighted by Crippen LogP contribution is 2.30. The Morgan fingerprint density at radius 3 is 2.61 bits per heavy atom. The first-order valence-corrected chi connectivity index (χ1v) is 9.97. The van der Waals surface area contributed by atoms with Crippen LogP contribution in [0, 0.1) is 12.8 Å². The number of amides is 2. The van der Waals surface area contributed by atoms with Crippen LogP contribution in [0.2, 0.25) is 0 Å². The number of carbonyl (C=O) groups is 2. The zero-order chi connectivity index (χ0) is 21.0. The number of ether oxygens (including phenoxy) is 1. The molecule has 0 bridgehead atoms. The van der Waals surface area contributed by atoms with Gasteiger partial charge in [-0.05, 0) is 59.0 Å². The van der Waals surface area contributed by atoms with Gasteiger partial charge in [-0.15, -0.1) is 0 Å². The van der Waals surface area contributed by atoms with Gasteiger partial charge in [0.25, 0.3) is 0 Å². The fourth-order valence-corrected chi connectivity index (χ4v) is 3.61. The smallest absolute Gasteiger partial charge is 0.247 e. The number of aliphatic hydroxyl groups excluding tert-OH is 2. The molecule has 0 radical (unpaired) electrons. The van der Waals surface area contributed by atoms with Crippen LogP contribution in [-0.4, -0.2) is 46.4 Å². The zero-order valence-electron chi connectivity index (χ0n) is 16.2. The predicted octanol–water partition coefficient (Wildman–Crippen LogP) is 1.57. The molecule has 8 heteroatoms. The van der Waals surface area contributed by atoms with Gasteiger partial charge in [0.05, 0.1) is 10.6 Å². The molecule has 2 amide bonds. The van der Waals surface area contributed by atoms with E-state index in [0.29, 0.717) is 16.6 Å². The second kappa shape index (κ2) is 9.54. The highest BCUT2D eigenvalue weighted by Gasteiger charge is 2.35. The summed E-state index contributed by atoms with van der Waals surface area (Å²) >= 11 is 3.40. The second-order valence-corrected chi connectivity index (χ2v) is 8.38. The van der Waals surface area contributed by atoms with Gasteiger partial charge in [-0.25, -0.2) is 0 Å². The highest BCUT2D eigenvalue weighted by atomic mass is 79.9. The minimum atomic E-state index is -1.19. The number of carbonyl (C=O) groups excluding carboxylic acids is 2. The Morgan fingerprint density at radius 1 is 1.36 bits per heavy atom. The van der Waals surface area contributed by atoms with Crippen LogP contribution < -0.4 is 15.8 Å². The Hall–Kier alpha value is -1.90. The van der Waals surface area contributed by atoms with Crippen LogP contribution >= 0.6 is 15.9 Å². The molecule has 0 spiro atoms. The molecule has 0 aromatic heterocycles. The molecule has 1 aliphatic carbocycles. The maximum Gasteiger partial charge on any atom is 0.247 e. The Kier molecular flexibility index (Phi) is 7.63. The van der Waals surface area contributed by atoms with Crippen molar-refractivity contribution in [1.82, 2.24) is 5.32 Å². The van der Waals surface area contributed by atoms with Crippen molar-refractivity contribution in [2.45, 2.75) is 58.0 Å². The quantitative estimate of drug-likeness (QED) is 0.497. The number of hydrogen-bond donors (Lipinski definition) is 4. The number of nitrogens with one attached hydrogen (secondary N) is 1. The summed E-state index contributed by atoms with van der Waals surface area (Å²) in [4.78, 5) is 24.2. The van der Waals surface area contributed by atoms with Gasteiger partial charge in [0, 0.05) is 12.0 Å². The molecule has 0 fully saturated rings. The van der Waals surface area contributed by atoms with Gasteiger partial charge >= 0.3 is 0 Å². The number of rotatable bonds is 7. The lowest BCUT2D eigenvalue weighted by Crippen LogP contribution is -2.49. The Bertz CT molecular complexity index is 765. The first-order chi connectivity index (χ1) is 13.1. The molecule has 154 valence electrons. The van der Waals surface area contributed by atoms with E-state index >= 15 is 0 Å². The number of aliphatic hydroxyl groups is 2. The van der Waals surface area contributed by atoms with Crippen LogP contribution in [-0.2, 0) is 9.59 Å². The van der Waals surface area contributed by atoms with Crippen LogP contribution in [0.15, 0.2) is 34.3 Å². The van der Waals surface area contributed by atoms with Crippen molar-refractivity contribution < 1.29 is 24.5 Å². The number of benzene rings is 1. The lowest BCUT2D eigenvalue weighted by atomic mass is 9.91. The molecule has 5 N–H and O–H groups in total. The van der Waals surface area contributed by atoms with E-state index in [-0.39, 0.29) is 17.9 Å². The van der Waals surface area contributed by atoms with Gasteiger partial charge in [-0.2, -0.15) is 0 Å². The number of nitrogens with two attached hydrogens (primary N) is 1. The fourth-order valence-electron chi connectivity index (χ4n) is 3.02. The van der Waals surface area contributed by atoms with Crippen LogP contribution in [0.25, 0.3) is 0 Å². The van der Waals surface area contributed by atoms with Crippen molar-refractivity contribution in [2.75, 3.05) is 0 Å². The van der Waals surface area contributed by atoms with E-state index in [9.17, 15) is 19.8 Å². The first-order valence-electron chi connectivity index (χ1n) is 9.18. The highest BCUT2D eigenvalue weighted by molar-refractivity contribution is 9.10. The molecule has 0 saturated heterocycles. The van der Waals surface area contributed by atoms with Gasteiger partial charge in [0.1, 0.15) is 24.0 Å². The Labute approximate surface area is 173 Å². The lowest BCUT2D eigenvalue weighted by molar-refractivity contribution is -0.126. The minimum absolute atomic E-state index is 0.0465. The minimum Gasteiger partial charge on any atom is -0.482 e. The lowest BCUT2D eigenvalue weighted by Gasteiger charge is -2.31. The maximum atomic E-state index is 12.6. The fraction of sp³-hybridized carbons (Fsp3) is 0.500. The summed E-state index contributed by atoms with van der Waals surface area (Å²) in [7, 11) is 0. The van der Waals surface area contributed by atoms with Gasteiger partial charge in [0.2, 0.25) is 11.8 Å². The van der Waals surface area contributed by atoms with Crippen molar-refractivity contribution in [3.05, 3.63) is 39.9 Å². The Morgan fingerprint density at radius 2 is 2.04 bits per heavy atom.